The molecular weight excluding hydrogens is 162 g/mol. The van der Waals surface area contributed by atoms with Crippen LogP contribution in [0.2, 0.25) is 0 Å². The van der Waals surface area contributed by atoms with E-state index in [-0.39, 0.29) is 0 Å². The largest absolute Gasteiger partial charge is 0.388 e. The van der Waals surface area contributed by atoms with Gasteiger partial charge in [-0.2, -0.15) is 0 Å². The summed E-state index contributed by atoms with van der Waals surface area (Å²) in [5, 5.41) is 9.26. The summed E-state index contributed by atoms with van der Waals surface area (Å²) in [5.41, 5.74) is 0.413. The molecule has 1 aromatic rings. The van der Waals surface area contributed by atoms with Crippen LogP contribution in [0.3, 0.4) is 0 Å². The van der Waals surface area contributed by atoms with Crippen molar-refractivity contribution in [3.05, 3.63) is 35.4 Å². The van der Waals surface area contributed by atoms with E-state index < -0.39 is 17.7 Å². The molecule has 0 amide bonds. The minimum atomic E-state index is -0.917. The highest BCUT2D eigenvalue weighted by atomic mass is 19.2. The van der Waals surface area contributed by atoms with Gasteiger partial charge in [0.2, 0.25) is 0 Å². The Labute approximate surface area is 69.7 Å². The number of halogens is 2. The van der Waals surface area contributed by atoms with Crippen molar-refractivity contribution in [3.8, 4) is 0 Å². The zero-order valence-corrected chi connectivity index (χ0v) is 6.72. The smallest absolute Gasteiger partial charge is 0.159 e. The number of aliphatic hydroxyl groups excluding tert-OH is 1. The normalized spacial score (nSPS) is 13.0. The minimum absolute atomic E-state index is 0.413. The van der Waals surface area contributed by atoms with E-state index in [0.717, 1.165) is 12.1 Å². The summed E-state index contributed by atoms with van der Waals surface area (Å²) in [5.74, 6) is -1.80. The molecule has 1 atom stereocenters. The standard InChI is InChI=1S/C9H10F2O/c1-2-9(12)6-3-4-7(10)8(11)5-6/h3-5,9,12H,2H2,1H3/t9-/m0/s1. The molecule has 0 heterocycles. The second-order valence-electron chi connectivity index (χ2n) is 2.60. The van der Waals surface area contributed by atoms with E-state index in [1.54, 1.807) is 6.92 Å². The zero-order chi connectivity index (χ0) is 9.14. The first-order valence-corrected chi connectivity index (χ1v) is 3.78. The molecule has 1 rings (SSSR count). The third kappa shape index (κ3) is 1.80. The molecule has 1 N–H and O–H groups in total. The van der Waals surface area contributed by atoms with Crippen molar-refractivity contribution in [2.75, 3.05) is 0 Å². The van der Waals surface area contributed by atoms with Crippen LogP contribution >= 0.6 is 0 Å². The van der Waals surface area contributed by atoms with Crippen LogP contribution < -0.4 is 0 Å². The Morgan fingerprint density at radius 3 is 2.50 bits per heavy atom. The van der Waals surface area contributed by atoms with E-state index in [9.17, 15) is 13.9 Å². The molecule has 1 nitrogen and oxygen atoms in total. The summed E-state index contributed by atoms with van der Waals surface area (Å²) in [6.07, 6.45) is -0.217. The Bertz CT molecular complexity index is 273. The third-order valence-corrected chi connectivity index (χ3v) is 1.72. The van der Waals surface area contributed by atoms with Crippen molar-refractivity contribution < 1.29 is 13.9 Å². The first kappa shape index (κ1) is 9.13. The summed E-state index contributed by atoms with van der Waals surface area (Å²) in [6.45, 7) is 1.77. The maximum Gasteiger partial charge on any atom is 0.159 e. The molecule has 0 unspecified atom stereocenters. The predicted octanol–water partition coefficient (Wildman–Crippen LogP) is 2.41. The molecule has 66 valence electrons. The highest BCUT2D eigenvalue weighted by Crippen LogP contribution is 2.18. The van der Waals surface area contributed by atoms with Gasteiger partial charge in [-0.05, 0) is 24.1 Å². The quantitative estimate of drug-likeness (QED) is 0.726. The fourth-order valence-corrected chi connectivity index (χ4v) is 0.955. The average molecular weight is 172 g/mol. The first-order valence-electron chi connectivity index (χ1n) is 3.78. The summed E-state index contributed by atoms with van der Waals surface area (Å²) in [7, 11) is 0. The van der Waals surface area contributed by atoms with Crippen LogP contribution in [0.25, 0.3) is 0 Å². The number of hydrogen-bond donors (Lipinski definition) is 1. The van der Waals surface area contributed by atoms with Crippen LogP contribution in [-0.4, -0.2) is 5.11 Å². The lowest BCUT2D eigenvalue weighted by Crippen LogP contribution is -1.96. The fraction of sp³-hybridized carbons (Fsp3) is 0.333. The van der Waals surface area contributed by atoms with Crippen LogP contribution in [0.1, 0.15) is 25.0 Å². The Balaban J connectivity index is 2.96. The van der Waals surface area contributed by atoms with Gasteiger partial charge in [0.15, 0.2) is 11.6 Å². The van der Waals surface area contributed by atoms with Crippen molar-refractivity contribution in [2.24, 2.45) is 0 Å². The van der Waals surface area contributed by atoms with E-state index in [0.29, 0.717) is 12.0 Å². The molecule has 0 saturated carbocycles. The van der Waals surface area contributed by atoms with Crippen LogP contribution in [0.5, 0.6) is 0 Å². The Morgan fingerprint density at radius 1 is 1.33 bits per heavy atom. The molecule has 0 aliphatic rings. The van der Waals surface area contributed by atoms with Gasteiger partial charge < -0.3 is 5.11 Å². The Hall–Kier alpha value is -0.960. The molecule has 0 aromatic heterocycles. The third-order valence-electron chi connectivity index (χ3n) is 1.72. The molecule has 3 heteroatoms. The number of hydrogen-bond acceptors (Lipinski definition) is 1. The molecule has 0 aliphatic carbocycles. The van der Waals surface area contributed by atoms with Crippen LogP contribution in [0.4, 0.5) is 8.78 Å². The number of rotatable bonds is 2. The van der Waals surface area contributed by atoms with E-state index in [4.69, 9.17) is 0 Å². The summed E-state index contributed by atoms with van der Waals surface area (Å²) < 4.78 is 25.0. The topological polar surface area (TPSA) is 20.2 Å². The second-order valence-corrected chi connectivity index (χ2v) is 2.60. The summed E-state index contributed by atoms with van der Waals surface area (Å²) in [4.78, 5) is 0. The molecule has 0 fully saturated rings. The average Bonchev–Trinajstić information content (AvgIpc) is 2.08. The van der Waals surface area contributed by atoms with Gasteiger partial charge in [0.1, 0.15) is 0 Å². The summed E-state index contributed by atoms with van der Waals surface area (Å²) in [6, 6.07) is 3.42. The minimum Gasteiger partial charge on any atom is -0.388 e. The van der Waals surface area contributed by atoms with Crippen molar-refractivity contribution >= 4 is 0 Å². The lowest BCUT2D eigenvalue weighted by Gasteiger charge is -2.07. The van der Waals surface area contributed by atoms with Gasteiger partial charge in [-0.25, -0.2) is 8.78 Å². The molecule has 0 spiro atoms. The van der Waals surface area contributed by atoms with Gasteiger partial charge in [0.05, 0.1) is 6.10 Å². The van der Waals surface area contributed by atoms with Crippen molar-refractivity contribution in [2.45, 2.75) is 19.4 Å². The Kier molecular flexibility index (Phi) is 2.76. The van der Waals surface area contributed by atoms with Gasteiger partial charge >= 0.3 is 0 Å². The first-order chi connectivity index (χ1) is 5.65. The predicted molar refractivity (Wildman–Crippen MR) is 41.6 cm³/mol. The van der Waals surface area contributed by atoms with Gasteiger partial charge in [0.25, 0.3) is 0 Å². The number of aliphatic hydroxyl groups is 1. The molecule has 0 aliphatic heterocycles. The maximum atomic E-state index is 12.6. The van der Waals surface area contributed by atoms with E-state index in [2.05, 4.69) is 0 Å². The van der Waals surface area contributed by atoms with Crippen LogP contribution in [0.15, 0.2) is 18.2 Å². The molecule has 0 saturated heterocycles. The molecular formula is C9H10F2O. The summed E-state index contributed by atoms with van der Waals surface area (Å²) >= 11 is 0. The number of benzene rings is 1. The van der Waals surface area contributed by atoms with E-state index in [1.807, 2.05) is 0 Å². The van der Waals surface area contributed by atoms with Crippen LogP contribution in [-0.2, 0) is 0 Å². The van der Waals surface area contributed by atoms with Crippen LogP contribution in [0, 0.1) is 11.6 Å². The van der Waals surface area contributed by atoms with E-state index >= 15 is 0 Å². The lowest BCUT2D eigenvalue weighted by atomic mass is 10.1. The van der Waals surface area contributed by atoms with E-state index in [1.165, 1.54) is 6.07 Å². The SMILES string of the molecule is CC[C@H](O)c1ccc(F)c(F)c1. The Morgan fingerprint density at radius 2 is 2.00 bits per heavy atom. The highest BCUT2D eigenvalue weighted by Gasteiger charge is 2.07. The van der Waals surface area contributed by atoms with Crippen molar-refractivity contribution in [1.29, 1.82) is 0 Å². The molecule has 12 heavy (non-hydrogen) atoms. The monoisotopic (exact) mass is 172 g/mol. The van der Waals surface area contributed by atoms with Gasteiger partial charge in [-0.1, -0.05) is 13.0 Å². The maximum absolute atomic E-state index is 12.6. The van der Waals surface area contributed by atoms with Crippen molar-refractivity contribution in [3.63, 3.8) is 0 Å². The van der Waals surface area contributed by atoms with Crippen molar-refractivity contribution in [1.82, 2.24) is 0 Å². The van der Waals surface area contributed by atoms with Gasteiger partial charge in [-0.15, -0.1) is 0 Å². The lowest BCUT2D eigenvalue weighted by molar-refractivity contribution is 0.173. The van der Waals surface area contributed by atoms with Gasteiger partial charge in [-0.3, -0.25) is 0 Å². The second kappa shape index (κ2) is 3.63. The highest BCUT2D eigenvalue weighted by molar-refractivity contribution is 5.19. The van der Waals surface area contributed by atoms with Gasteiger partial charge in [0, 0.05) is 0 Å². The zero-order valence-electron chi connectivity index (χ0n) is 6.72. The molecule has 0 bridgehead atoms. The fourth-order valence-electron chi connectivity index (χ4n) is 0.955. The molecule has 0 radical (unpaired) electrons. The molecule has 1 aromatic carbocycles.